The second kappa shape index (κ2) is 6.65. The quantitative estimate of drug-likeness (QED) is 0.524. The van der Waals surface area contributed by atoms with Crippen LogP contribution in [0.2, 0.25) is 0 Å². The predicted octanol–water partition coefficient (Wildman–Crippen LogP) is -1.58. The van der Waals surface area contributed by atoms with Crippen LogP contribution in [-0.2, 0) is 11.2 Å². The maximum atomic E-state index is 12.3. The second-order valence-electron chi connectivity index (χ2n) is 5.54. The monoisotopic (exact) mass is 334 g/mol. The van der Waals surface area contributed by atoms with E-state index in [0.717, 1.165) is 10.1 Å². The second-order valence-corrected chi connectivity index (χ2v) is 5.54. The number of benzene rings is 1. The molecule has 1 saturated heterocycles. The molecule has 0 saturated carbocycles. The summed E-state index contributed by atoms with van der Waals surface area (Å²) in [5, 5.41) is 29.3. The highest BCUT2D eigenvalue weighted by Crippen LogP contribution is 2.29. The minimum absolute atomic E-state index is 0.186. The summed E-state index contributed by atoms with van der Waals surface area (Å²) in [4.78, 5) is 19.9. The number of nitrogens with zero attached hydrogens (tertiary/aromatic N) is 3. The number of ether oxygens (including phenoxy) is 1. The highest BCUT2D eigenvalue weighted by molar-refractivity contribution is 5.22. The number of aliphatic hydroxyl groups is 3. The van der Waals surface area contributed by atoms with Gasteiger partial charge >= 0.3 is 5.69 Å². The van der Waals surface area contributed by atoms with Crippen molar-refractivity contribution in [2.45, 2.75) is 31.0 Å². The Hall–Kier alpha value is -2.33. The third-order valence-corrected chi connectivity index (χ3v) is 3.91. The molecular formula is C15H18N4O5. The van der Waals surface area contributed by atoms with Crippen LogP contribution in [0.3, 0.4) is 0 Å². The smallest absolute Gasteiger partial charge is 0.354 e. The van der Waals surface area contributed by atoms with Crippen molar-refractivity contribution in [2.24, 2.45) is 0 Å². The Bertz CT molecular complexity index is 766. The summed E-state index contributed by atoms with van der Waals surface area (Å²) in [5.41, 5.74) is 5.69. The lowest BCUT2D eigenvalue weighted by atomic mass is 10.1. The van der Waals surface area contributed by atoms with Crippen molar-refractivity contribution in [3.8, 4) is 0 Å². The molecule has 2 heterocycles. The van der Waals surface area contributed by atoms with Gasteiger partial charge in [0.1, 0.15) is 24.1 Å². The Morgan fingerprint density at radius 2 is 1.88 bits per heavy atom. The van der Waals surface area contributed by atoms with E-state index in [1.807, 2.05) is 30.3 Å². The molecule has 3 rings (SSSR count). The largest absolute Gasteiger partial charge is 0.394 e. The van der Waals surface area contributed by atoms with E-state index >= 15 is 0 Å². The first-order valence-electron chi connectivity index (χ1n) is 7.42. The Balaban J connectivity index is 2.03. The van der Waals surface area contributed by atoms with Gasteiger partial charge in [-0.05, 0) is 5.56 Å². The van der Waals surface area contributed by atoms with E-state index in [0.29, 0.717) is 0 Å². The Morgan fingerprint density at radius 3 is 2.50 bits per heavy atom. The van der Waals surface area contributed by atoms with Gasteiger partial charge in [-0.1, -0.05) is 30.3 Å². The molecule has 1 aromatic carbocycles. The van der Waals surface area contributed by atoms with Crippen LogP contribution < -0.4 is 11.4 Å². The van der Waals surface area contributed by atoms with Gasteiger partial charge in [0.15, 0.2) is 6.23 Å². The van der Waals surface area contributed by atoms with Crippen LogP contribution in [0.15, 0.2) is 35.1 Å². The van der Waals surface area contributed by atoms with Gasteiger partial charge in [0, 0.05) is 6.42 Å². The molecule has 4 atom stereocenters. The van der Waals surface area contributed by atoms with Crippen LogP contribution in [0.5, 0.6) is 0 Å². The van der Waals surface area contributed by atoms with Gasteiger partial charge < -0.3 is 25.8 Å². The molecule has 0 amide bonds. The molecule has 1 fully saturated rings. The minimum atomic E-state index is -1.40. The highest BCUT2D eigenvalue weighted by Gasteiger charge is 2.44. The maximum absolute atomic E-state index is 12.3. The average molecular weight is 334 g/mol. The Morgan fingerprint density at radius 1 is 1.17 bits per heavy atom. The lowest BCUT2D eigenvalue weighted by Crippen LogP contribution is -2.38. The van der Waals surface area contributed by atoms with Crippen molar-refractivity contribution in [3.05, 3.63) is 52.2 Å². The lowest BCUT2D eigenvalue weighted by molar-refractivity contribution is -0.0566. The molecule has 9 heteroatoms. The average Bonchev–Trinajstić information content (AvgIpc) is 2.83. The maximum Gasteiger partial charge on any atom is 0.354 e. The molecule has 1 aromatic heterocycles. The van der Waals surface area contributed by atoms with Crippen molar-refractivity contribution < 1.29 is 20.1 Å². The van der Waals surface area contributed by atoms with Crippen molar-refractivity contribution in [2.75, 3.05) is 12.3 Å². The van der Waals surface area contributed by atoms with E-state index in [-0.39, 0.29) is 18.2 Å². The molecule has 128 valence electrons. The van der Waals surface area contributed by atoms with E-state index in [1.165, 1.54) is 0 Å². The van der Waals surface area contributed by atoms with E-state index in [4.69, 9.17) is 10.5 Å². The Kier molecular flexibility index (Phi) is 4.58. The summed E-state index contributed by atoms with van der Waals surface area (Å²) < 4.78 is 6.47. The molecular weight excluding hydrogens is 316 g/mol. The summed E-state index contributed by atoms with van der Waals surface area (Å²) in [5.74, 6) is 0.0578. The number of hydrogen-bond donors (Lipinski definition) is 4. The molecule has 0 bridgehead atoms. The number of anilines is 1. The third-order valence-electron chi connectivity index (χ3n) is 3.91. The normalized spacial score (nSPS) is 26.6. The van der Waals surface area contributed by atoms with Gasteiger partial charge in [-0.15, -0.1) is 0 Å². The molecule has 0 aliphatic carbocycles. The number of hydrogen-bond acceptors (Lipinski definition) is 8. The van der Waals surface area contributed by atoms with E-state index in [9.17, 15) is 20.1 Å². The third kappa shape index (κ3) is 3.02. The molecule has 0 unspecified atom stereocenters. The number of rotatable bonds is 4. The van der Waals surface area contributed by atoms with E-state index in [1.54, 1.807) is 0 Å². The zero-order valence-electron chi connectivity index (χ0n) is 12.7. The molecule has 24 heavy (non-hydrogen) atoms. The molecule has 0 spiro atoms. The fraction of sp³-hybridized carbons (Fsp3) is 0.400. The summed E-state index contributed by atoms with van der Waals surface area (Å²) >= 11 is 0. The summed E-state index contributed by atoms with van der Waals surface area (Å²) in [7, 11) is 0. The molecule has 5 N–H and O–H groups in total. The Labute approximate surface area is 137 Å². The van der Waals surface area contributed by atoms with Crippen LogP contribution in [0.25, 0.3) is 0 Å². The van der Waals surface area contributed by atoms with Gasteiger partial charge in [0.2, 0.25) is 5.95 Å². The predicted molar refractivity (Wildman–Crippen MR) is 83.0 cm³/mol. The van der Waals surface area contributed by atoms with Gasteiger partial charge in [-0.2, -0.15) is 9.97 Å². The van der Waals surface area contributed by atoms with E-state index < -0.39 is 36.8 Å². The van der Waals surface area contributed by atoms with Gasteiger partial charge in [-0.25, -0.2) is 9.36 Å². The SMILES string of the molecule is Nc1nc(Cc2ccccc2)n([C@@H]2O[C@H](CO)[C@@H](O)[C@H]2O)c(=O)n1. The number of nitrogens with two attached hydrogens (primary N) is 1. The van der Waals surface area contributed by atoms with Gasteiger partial charge in [0.05, 0.1) is 6.61 Å². The number of nitrogen functional groups attached to an aromatic ring is 1. The van der Waals surface area contributed by atoms with Crippen LogP contribution in [0, 0.1) is 0 Å². The van der Waals surface area contributed by atoms with Crippen molar-refractivity contribution >= 4 is 5.95 Å². The summed E-state index contributed by atoms with van der Waals surface area (Å²) in [6.07, 6.45) is -4.67. The van der Waals surface area contributed by atoms with Crippen molar-refractivity contribution in [3.63, 3.8) is 0 Å². The van der Waals surface area contributed by atoms with Crippen LogP contribution >= 0.6 is 0 Å². The van der Waals surface area contributed by atoms with Crippen molar-refractivity contribution in [1.29, 1.82) is 0 Å². The first kappa shape index (κ1) is 16.5. The highest BCUT2D eigenvalue weighted by atomic mass is 16.6. The molecule has 9 nitrogen and oxygen atoms in total. The zero-order chi connectivity index (χ0) is 17.3. The standard InChI is InChI=1S/C15H18N4O5/c16-14-17-10(6-8-4-2-1-3-5-8)19(15(23)18-14)13-12(22)11(21)9(7-20)24-13/h1-5,9,11-13,20-22H,6-7H2,(H2,16,18,23)/t9-,11-,12-,13-/m1/s1. The molecule has 1 aliphatic heterocycles. The molecule has 2 aromatic rings. The van der Waals surface area contributed by atoms with E-state index in [2.05, 4.69) is 9.97 Å². The first-order chi connectivity index (χ1) is 11.5. The fourth-order valence-electron chi connectivity index (χ4n) is 2.73. The van der Waals surface area contributed by atoms with Crippen LogP contribution in [0.1, 0.15) is 17.6 Å². The first-order valence-corrected chi connectivity index (χ1v) is 7.42. The minimum Gasteiger partial charge on any atom is -0.394 e. The van der Waals surface area contributed by atoms with Crippen LogP contribution in [0.4, 0.5) is 5.95 Å². The molecule has 1 aliphatic rings. The van der Waals surface area contributed by atoms with Crippen LogP contribution in [-0.4, -0.2) is 54.8 Å². The zero-order valence-corrected chi connectivity index (χ0v) is 12.7. The summed E-state index contributed by atoms with van der Waals surface area (Å²) in [6, 6.07) is 9.25. The lowest BCUT2D eigenvalue weighted by Gasteiger charge is -2.20. The topological polar surface area (TPSA) is 144 Å². The van der Waals surface area contributed by atoms with Crippen molar-refractivity contribution in [1.82, 2.24) is 14.5 Å². The number of aliphatic hydroxyl groups excluding tert-OH is 3. The fourth-order valence-corrected chi connectivity index (χ4v) is 2.73. The summed E-state index contributed by atoms with van der Waals surface area (Å²) in [6.45, 7) is -0.493. The molecule has 0 radical (unpaired) electrons. The van der Waals surface area contributed by atoms with Gasteiger partial charge in [-0.3, -0.25) is 0 Å². The number of aromatic nitrogens is 3. The van der Waals surface area contributed by atoms with Gasteiger partial charge in [0.25, 0.3) is 0 Å².